The van der Waals surface area contributed by atoms with Crippen LogP contribution in [0.3, 0.4) is 0 Å². The highest BCUT2D eigenvalue weighted by molar-refractivity contribution is 5.86. The number of nitriles is 1. The Bertz CT molecular complexity index is 488. The van der Waals surface area contributed by atoms with Crippen molar-refractivity contribution in [2.24, 2.45) is 0 Å². The number of rotatable bonds is 4. The number of aldehydes is 1. The molecule has 0 spiro atoms. The number of phenols is 1. The van der Waals surface area contributed by atoms with E-state index in [1.165, 1.54) is 12.1 Å². The van der Waals surface area contributed by atoms with Gasteiger partial charge in [0.2, 0.25) is 0 Å². The minimum Gasteiger partial charge on any atom is -0.506 e. The van der Waals surface area contributed by atoms with Gasteiger partial charge >= 0.3 is 5.97 Å². The van der Waals surface area contributed by atoms with E-state index >= 15 is 0 Å². The highest BCUT2D eigenvalue weighted by Gasteiger charge is 2.14. The van der Waals surface area contributed by atoms with Crippen molar-refractivity contribution in [2.45, 2.75) is 13.3 Å². The molecule has 0 atom stereocenters. The number of carbonyl (C=O) groups excluding carboxylic acids is 2. The predicted molar refractivity (Wildman–Crippen MR) is 58.5 cm³/mol. The lowest BCUT2D eigenvalue weighted by atomic mass is 10.0. The maximum absolute atomic E-state index is 11.3. The molecular weight excluding hydrogens is 222 g/mol. The standard InChI is InChI=1S/C12H11NO4/c1-2-17-11(15)5-8-3-4-9(6-13)12(16)10(8)7-14/h3-4,7,16H,2,5H2,1H3. The highest BCUT2D eigenvalue weighted by Crippen LogP contribution is 2.24. The Kier molecular flexibility index (Phi) is 4.23. The number of phenolic OH excluding ortho intramolecular Hbond substituents is 1. The van der Waals surface area contributed by atoms with Gasteiger partial charge in [-0.2, -0.15) is 5.26 Å². The van der Waals surface area contributed by atoms with E-state index < -0.39 is 11.7 Å². The maximum atomic E-state index is 11.3. The second-order valence-electron chi connectivity index (χ2n) is 3.25. The van der Waals surface area contributed by atoms with Gasteiger partial charge in [0.15, 0.2) is 6.29 Å². The van der Waals surface area contributed by atoms with Gasteiger partial charge < -0.3 is 9.84 Å². The lowest BCUT2D eigenvalue weighted by Gasteiger charge is -2.07. The molecule has 0 saturated heterocycles. The highest BCUT2D eigenvalue weighted by atomic mass is 16.5. The molecule has 0 heterocycles. The lowest BCUT2D eigenvalue weighted by molar-refractivity contribution is -0.142. The van der Waals surface area contributed by atoms with Gasteiger partial charge in [0.1, 0.15) is 11.8 Å². The Balaban J connectivity index is 3.10. The van der Waals surface area contributed by atoms with Gasteiger partial charge in [0.05, 0.1) is 24.2 Å². The van der Waals surface area contributed by atoms with Crippen molar-refractivity contribution in [1.82, 2.24) is 0 Å². The summed E-state index contributed by atoms with van der Waals surface area (Å²) in [6, 6.07) is 4.57. The van der Waals surface area contributed by atoms with E-state index in [2.05, 4.69) is 0 Å². The number of hydrogen-bond donors (Lipinski definition) is 1. The van der Waals surface area contributed by atoms with Gasteiger partial charge in [-0.15, -0.1) is 0 Å². The summed E-state index contributed by atoms with van der Waals surface area (Å²) in [6.07, 6.45) is 0.311. The summed E-state index contributed by atoms with van der Waals surface area (Å²) < 4.78 is 4.74. The van der Waals surface area contributed by atoms with Crippen LogP contribution in [0.4, 0.5) is 0 Å². The molecule has 0 aliphatic rings. The molecule has 0 unspecified atom stereocenters. The number of hydrogen-bond acceptors (Lipinski definition) is 5. The molecule has 0 bridgehead atoms. The number of aromatic hydroxyl groups is 1. The SMILES string of the molecule is CCOC(=O)Cc1ccc(C#N)c(O)c1C=O. The van der Waals surface area contributed by atoms with Crippen LogP contribution in [0.25, 0.3) is 0 Å². The van der Waals surface area contributed by atoms with Gasteiger partial charge in [0, 0.05) is 0 Å². The predicted octanol–water partition coefficient (Wildman–Crippen LogP) is 1.18. The van der Waals surface area contributed by atoms with E-state index in [0.29, 0.717) is 11.8 Å². The zero-order valence-corrected chi connectivity index (χ0v) is 9.27. The monoisotopic (exact) mass is 233 g/mol. The number of carbonyl (C=O) groups is 2. The summed E-state index contributed by atoms with van der Waals surface area (Å²) in [5.74, 6) is -0.885. The number of ether oxygens (including phenoxy) is 1. The van der Waals surface area contributed by atoms with Gasteiger partial charge in [-0.1, -0.05) is 6.07 Å². The summed E-state index contributed by atoms with van der Waals surface area (Å²) in [5, 5.41) is 18.3. The molecule has 0 saturated carbocycles. The molecule has 17 heavy (non-hydrogen) atoms. The van der Waals surface area contributed by atoms with Gasteiger partial charge in [0.25, 0.3) is 0 Å². The van der Waals surface area contributed by atoms with Crippen LogP contribution in [0, 0.1) is 11.3 Å². The minimum atomic E-state index is -0.486. The Morgan fingerprint density at radius 3 is 2.82 bits per heavy atom. The van der Waals surface area contributed by atoms with Crippen LogP contribution < -0.4 is 0 Å². The third-order valence-corrected chi connectivity index (χ3v) is 2.19. The molecule has 0 fully saturated rings. The molecule has 0 radical (unpaired) electrons. The average Bonchev–Trinajstić information content (AvgIpc) is 2.30. The Morgan fingerprint density at radius 2 is 2.29 bits per heavy atom. The van der Waals surface area contributed by atoms with Gasteiger partial charge in [-0.05, 0) is 18.6 Å². The molecule has 0 aromatic heterocycles. The van der Waals surface area contributed by atoms with Crippen LogP contribution in [-0.2, 0) is 16.0 Å². The first-order valence-electron chi connectivity index (χ1n) is 4.99. The molecule has 0 aliphatic carbocycles. The van der Waals surface area contributed by atoms with Crippen LogP contribution in [0.5, 0.6) is 5.75 Å². The van der Waals surface area contributed by atoms with Crippen molar-refractivity contribution < 1.29 is 19.4 Å². The molecule has 0 amide bonds. The number of benzene rings is 1. The Morgan fingerprint density at radius 1 is 1.59 bits per heavy atom. The summed E-state index contributed by atoms with van der Waals surface area (Å²) in [7, 11) is 0. The summed E-state index contributed by atoms with van der Waals surface area (Å²) >= 11 is 0. The van der Waals surface area contributed by atoms with Crippen molar-refractivity contribution in [3.05, 3.63) is 28.8 Å². The summed E-state index contributed by atoms with van der Waals surface area (Å²) in [4.78, 5) is 22.1. The Labute approximate surface area is 98.2 Å². The third kappa shape index (κ3) is 2.82. The molecule has 0 aliphatic heterocycles. The van der Waals surface area contributed by atoms with E-state index in [9.17, 15) is 14.7 Å². The van der Waals surface area contributed by atoms with Crippen molar-refractivity contribution in [1.29, 1.82) is 5.26 Å². The van der Waals surface area contributed by atoms with Crippen molar-refractivity contribution >= 4 is 12.3 Å². The van der Waals surface area contributed by atoms with Crippen molar-refractivity contribution in [2.75, 3.05) is 6.61 Å². The lowest BCUT2D eigenvalue weighted by Crippen LogP contribution is -2.09. The fourth-order valence-electron chi connectivity index (χ4n) is 1.39. The minimum absolute atomic E-state index is 0.000270. The largest absolute Gasteiger partial charge is 0.506 e. The second kappa shape index (κ2) is 5.66. The molecule has 1 N–H and O–H groups in total. The second-order valence-corrected chi connectivity index (χ2v) is 3.25. The average molecular weight is 233 g/mol. The van der Waals surface area contributed by atoms with Gasteiger partial charge in [-0.3, -0.25) is 9.59 Å². The molecule has 5 nitrogen and oxygen atoms in total. The van der Waals surface area contributed by atoms with E-state index in [0.717, 1.165) is 0 Å². The quantitative estimate of drug-likeness (QED) is 0.623. The van der Waals surface area contributed by atoms with Crippen LogP contribution in [0.1, 0.15) is 28.4 Å². The topological polar surface area (TPSA) is 87.4 Å². The zero-order valence-electron chi connectivity index (χ0n) is 9.27. The molecule has 5 heteroatoms. The van der Waals surface area contributed by atoms with Crippen LogP contribution in [0.15, 0.2) is 12.1 Å². The summed E-state index contributed by atoms with van der Waals surface area (Å²) in [5.41, 5.74) is 0.298. The summed E-state index contributed by atoms with van der Waals surface area (Å²) in [6.45, 7) is 1.92. The fourth-order valence-corrected chi connectivity index (χ4v) is 1.39. The first-order chi connectivity index (χ1) is 8.13. The number of nitrogens with zero attached hydrogens (tertiary/aromatic N) is 1. The molecule has 1 aromatic rings. The number of esters is 1. The first kappa shape index (κ1) is 12.7. The van der Waals surface area contributed by atoms with E-state index in [1.54, 1.807) is 13.0 Å². The van der Waals surface area contributed by atoms with Crippen LogP contribution >= 0.6 is 0 Å². The van der Waals surface area contributed by atoms with E-state index in [4.69, 9.17) is 10.00 Å². The fraction of sp³-hybridized carbons (Fsp3) is 0.250. The van der Waals surface area contributed by atoms with Crippen molar-refractivity contribution in [3.8, 4) is 11.8 Å². The normalized spacial score (nSPS) is 9.41. The Hall–Kier alpha value is -2.35. The first-order valence-corrected chi connectivity index (χ1v) is 4.99. The van der Waals surface area contributed by atoms with Crippen LogP contribution in [0.2, 0.25) is 0 Å². The van der Waals surface area contributed by atoms with E-state index in [-0.39, 0.29) is 24.2 Å². The van der Waals surface area contributed by atoms with Crippen molar-refractivity contribution in [3.63, 3.8) is 0 Å². The maximum Gasteiger partial charge on any atom is 0.310 e. The van der Waals surface area contributed by atoms with E-state index in [1.807, 2.05) is 0 Å². The zero-order chi connectivity index (χ0) is 12.8. The third-order valence-electron chi connectivity index (χ3n) is 2.19. The molecule has 1 aromatic carbocycles. The molecule has 88 valence electrons. The van der Waals surface area contributed by atoms with Crippen LogP contribution in [-0.4, -0.2) is 24.0 Å². The van der Waals surface area contributed by atoms with Gasteiger partial charge in [-0.25, -0.2) is 0 Å². The molecular formula is C12H11NO4. The molecule has 1 rings (SSSR count). The smallest absolute Gasteiger partial charge is 0.310 e.